The van der Waals surface area contributed by atoms with E-state index in [-0.39, 0.29) is 6.04 Å². The molecule has 2 aromatic rings. The first-order valence-corrected chi connectivity index (χ1v) is 6.51. The zero-order valence-corrected chi connectivity index (χ0v) is 10.1. The van der Waals surface area contributed by atoms with Crippen LogP contribution in [0.3, 0.4) is 0 Å². The molecule has 3 heteroatoms. The van der Waals surface area contributed by atoms with Gasteiger partial charge in [0, 0.05) is 15.3 Å². The summed E-state index contributed by atoms with van der Waals surface area (Å²) in [6.45, 7) is 0. The van der Waals surface area contributed by atoms with Gasteiger partial charge in [0.25, 0.3) is 0 Å². The Morgan fingerprint density at radius 2 is 2.38 bits per heavy atom. The highest BCUT2D eigenvalue weighted by Crippen LogP contribution is 2.35. The average Bonchev–Trinajstić information content (AvgIpc) is 2.91. The summed E-state index contributed by atoms with van der Waals surface area (Å²) < 4.78 is 5.16. The molecule has 16 heavy (non-hydrogen) atoms. The molecule has 0 aliphatic heterocycles. The van der Waals surface area contributed by atoms with Gasteiger partial charge in [-0.1, -0.05) is 0 Å². The molecular weight excluding hydrogens is 218 g/mol. The number of nitrogens with one attached hydrogen (secondary N) is 1. The van der Waals surface area contributed by atoms with Crippen molar-refractivity contribution in [1.29, 1.82) is 0 Å². The number of thiophene rings is 1. The standard InChI is InChI=1S/C13H15NOS/c1-14-13(10-5-6-15-8-10)12-7-9-3-2-4-11(9)16-12/h5-8,13-14H,2-4H2,1H3. The molecule has 1 aliphatic carbocycles. The van der Waals surface area contributed by atoms with Crippen molar-refractivity contribution in [2.45, 2.75) is 25.3 Å². The Bertz CT molecular complexity index is 451. The van der Waals surface area contributed by atoms with Crippen molar-refractivity contribution in [3.8, 4) is 0 Å². The van der Waals surface area contributed by atoms with Gasteiger partial charge in [-0.25, -0.2) is 0 Å². The van der Waals surface area contributed by atoms with Crippen LogP contribution in [0.25, 0.3) is 0 Å². The first-order chi connectivity index (χ1) is 7.88. The number of aryl methyl sites for hydroxylation is 2. The van der Waals surface area contributed by atoms with Gasteiger partial charge in [-0.2, -0.15) is 0 Å². The summed E-state index contributed by atoms with van der Waals surface area (Å²) >= 11 is 1.95. The van der Waals surface area contributed by atoms with Crippen molar-refractivity contribution in [2.24, 2.45) is 0 Å². The van der Waals surface area contributed by atoms with E-state index in [0.29, 0.717) is 0 Å². The molecule has 0 bridgehead atoms. The van der Waals surface area contributed by atoms with Crippen LogP contribution in [0.5, 0.6) is 0 Å². The van der Waals surface area contributed by atoms with Gasteiger partial charge in [0.05, 0.1) is 18.6 Å². The third-order valence-electron chi connectivity index (χ3n) is 3.22. The highest BCUT2D eigenvalue weighted by atomic mass is 32.1. The number of fused-ring (bicyclic) bond motifs is 1. The molecule has 1 aliphatic rings. The molecule has 0 fully saturated rings. The van der Waals surface area contributed by atoms with Crippen molar-refractivity contribution in [3.63, 3.8) is 0 Å². The maximum atomic E-state index is 5.16. The molecule has 2 aromatic heterocycles. The molecule has 0 saturated carbocycles. The zero-order valence-electron chi connectivity index (χ0n) is 9.32. The monoisotopic (exact) mass is 233 g/mol. The van der Waals surface area contributed by atoms with Crippen molar-refractivity contribution < 1.29 is 4.42 Å². The molecule has 1 N–H and O–H groups in total. The van der Waals surface area contributed by atoms with E-state index in [9.17, 15) is 0 Å². The molecule has 0 radical (unpaired) electrons. The molecule has 3 rings (SSSR count). The lowest BCUT2D eigenvalue weighted by molar-refractivity contribution is 0.558. The SMILES string of the molecule is CNC(c1ccoc1)c1cc2c(s1)CCC2. The number of hydrogen-bond donors (Lipinski definition) is 1. The van der Waals surface area contributed by atoms with E-state index in [0.717, 1.165) is 0 Å². The Labute approximate surface area is 99.3 Å². The first kappa shape index (κ1) is 10.1. The van der Waals surface area contributed by atoms with E-state index in [2.05, 4.69) is 11.4 Å². The minimum atomic E-state index is 0.286. The van der Waals surface area contributed by atoms with Crippen LogP contribution < -0.4 is 5.32 Å². The van der Waals surface area contributed by atoms with Gasteiger partial charge in [-0.05, 0) is 44.0 Å². The minimum absolute atomic E-state index is 0.286. The molecule has 1 atom stereocenters. The third-order valence-corrected chi connectivity index (χ3v) is 4.52. The largest absolute Gasteiger partial charge is 0.472 e. The molecule has 2 heterocycles. The van der Waals surface area contributed by atoms with E-state index in [1.807, 2.05) is 30.7 Å². The Balaban J connectivity index is 1.95. The van der Waals surface area contributed by atoms with E-state index >= 15 is 0 Å². The minimum Gasteiger partial charge on any atom is -0.472 e. The van der Waals surface area contributed by atoms with Gasteiger partial charge >= 0.3 is 0 Å². The van der Waals surface area contributed by atoms with Crippen LogP contribution in [0.2, 0.25) is 0 Å². The van der Waals surface area contributed by atoms with Crippen molar-refractivity contribution in [1.82, 2.24) is 5.32 Å². The maximum Gasteiger partial charge on any atom is 0.0954 e. The summed E-state index contributed by atoms with van der Waals surface area (Å²) in [6, 6.07) is 4.68. The summed E-state index contributed by atoms with van der Waals surface area (Å²) in [5.41, 5.74) is 2.77. The van der Waals surface area contributed by atoms with Crippen LogP contribution in [-0.4, -0.2) is 7.05 Å². The second-order valence-electron chi connectivity index (χ2n) is 4.23. The normalized spacial score (nSPS) is 16.3. The van der Waals surface area contributed by atoms with Crippen LogP contribution >= 0.6 is 11.3 Å². The predicted molar refractivity (Wildman–Crippen MR) is 66.0 cm³/mol. The van der Waals surface area contributed by atoms with Gasteiger partial charge in [0.2, 0.25) is 0 Å². The summed E-state index contributed by atoms with van der Waals surface area (Å²) in [5.74, 6) is 0. The van der Waals surface area contributed by atoms with E-state index < -0.39 is 0 Å². The Morgan fingerprint density at radius 3 is 3.06 bits per heavy atom. The van der Waals surface area contributed by atoms with Crippen LogP contribution in [0, 0.1) is 0 Å². The highest BCUT2D eigenvalue weighted by Gasteiger charge is 2.20. The van der Waals surface area contributed by atoms with E-state index in [4.69, 9.17) is 4.42 Å². The molecule has 2 nitrogen and oxygen atoms in total. The fraction of sp³-hybridized carbons (Fsp3) is 0.385. The van der Waals surface area contributed by atoms with Crippen molar-refractivity contribution >= 4 is 11.3 Å². The Hall–Kier alpha value is -1.06. The predicted octanol–water partition coefficient (Wildman–Crippen LogP) is 3.14. The second kappa shape index (κ2) is 4.07. The van der Waals surface area contributed by atoms with E-state index in [1.54, 1.807) is 16.7 Å². The number of rotatable bonds is 3. The quantitative estimate of drug-likeness (QED) is 0.881. The summed E-state index contributed by atoms with van der Waals surface area (Å²) in [5, 5.41) is 3.36. The fourth-order valence-electron chi connectivity index (χ4n) is 2.41. The molecule has 84 valence electrons. The maximum absolute atomic E-state index is 5.16. The Kier molecular flexibility index (Phi) is 2.58. The van der Waals surface area contributed by atoms with Crippen LogP contribution in [0.4, 0.5) is 0 Å². The molecular formula is C13H15NOS. The lowest BCUT2D eigenvalue weighted by Crippen LogP contribution is -2.15. The smallest absolute Gasteiger partial charge is 0.0954 e. The van der Waals surface area contributed by atoms with E-state index in [1.165, 1.54) is 29.7 Å². The average molecular weight is 233 g/mol. The zero-order chi connectivity index (χ0) is 11.0. The van der Waals surface area contributed by atoms with Gasteiger partial charge in [0.15, 0.2) is 0 Å². The fourth-order valence-corrected chi connectivity index (χ4v) is 3.80. The first-order valence-electron chi connectivity index (χ1n) is 5.69. The van der Waals surface area contributed by atoms with Crippen LogP contribution in [0.1, 0.15) is 33.3 Å². The summed E-state index contributed by atoms with van der Waals surface area (Å²) in [4.78, 5) is 2.99. The second-order valence-corrected chi connectivity index (χ2v) is 5.40. The summed E-state index contributed by atoms with van der Waals surface area (Å²) in [7, 11) is 2.00. The molecule has 0 spiro atoms. The lowest BCUT2D eigenvalue weighted by atomic mass is 10.1. The van der Waals surface area contributed by atoms with Crippen LogP contribution in [0.15, 0.2) is 29.1 Å². The van der Waals surface area contributed by atoms with Crippen molar-refractivity contribution in [3.05, 3.63) is 45.5 Å². The Morgan fingerprint density at radius 1 is 1.44 bits per heavy atom. The van der Waals surface area contributed by atoms with Gasteiger partial charge in [0.1, 0.15) is 0 Å². The molecule has 0 amide bonds. The highest BCUT2D eigenvalue weighted by molar-refractivity contribution is 7.12. The molecule has 0 saturated heterocycles. The number of hydrogen-bond acceptors (Lipinski definition) is 3. The third kappa shape index (κ3) is 1.60. The lowest BCUT2D eigenvalue weighted by Gasteiger charge is -2.12. The molecule has 0 aromatic carbocycles. The van der Waals surface area contributed by atoms with Gasteiger partial charge in [-0.15, -0.1) is 11.3 Å². The molecule has 1 unspecified atom stereocenters. The van der Waals surface area contributed by atoms with Gasteiger partial charge < -0.3 is 9.73 Å². The number of furan rings is 1. The van der Waals surface area contributed by atoms with Crippen molar-refractivity contribution in [2.75, 3.05) is 7.05 Å². The topological polar surface area (TPSA) is 25.2 Å². The summed E-state index contributed by atoms with van der Waals surface area (Å²) in [6.07, 6.45) is 7.42. The van der Waals surface area contributed by atoms with Gasteiger partial charge in [-0.3, -0.25) is 0 Å². The van der Waals surface area contributed by atoms with Crippen LogP contribution in [-0.2, 0) is 12.8 Å².